The Morgan fingerprint density at radius 1 is 1.17 bits per heavy atom. The van der Waals surface area contributed by atoms with Gasteiger partial charge in [-0.2, -0.15) is 13.2 Å². The molecule has 2 rings (SSSR count). The number of alkyl halides is 3. The van der Waals surface area contributed by atoms with Crippen LogP contribution in [-0.2, 0) is 6.18 Å². The maximum absolute atomic E-state index is 12.5. The lowest BCUT2D eigenvalue weighted by molar-refractivity contribution is -0.137. The Morgan fingerprint density at radius 3 is 2.11 bits per heavy atom. The van der Waals surface area contributed by atoms with Crippen molar-refractivity contribution in [2.24, 2.45) is 11.8 Å². The third-order valence-corrected chi connectivity index (χ3v) is 3.80. The Hall–Kier alpha value is -1.03. The van der Waals surface area contributed by atoms with E-state index in [1.54, 1.807) is 12.1 Å². The molecule has 2 unspecified atom stereocenters. The highest BCUT2D eigenvalue weighted by Crippen LogP contribution is 2.42. The highest BCUT2D eigenvalue weighted by Gasteiger charge is 2.34. The minimum atomic E-state index is -4.25. The van der Waals surface area contributed by atoms with Crippen LogP contribution < -0.4 is 5.32 Å². The van der Waals surface area contributed by atoms with Gasteiger partial charge in [0.05, 0.1) is 5.56 Å². The SMILES string of the molecule is CNC(c1ccc(C(F)(F)F)cc1)C(C)C1CC1. The van der Waals surface area contributed by atoms with E-state index in [1.165, 1.54) is 25.0 Å². The van der Waals surface area contributed by atoms with Crippen LogP contribution in [0.1, 0.15) is 36.9 Å². The Kier molecular flexibility index (Phi) is 3.66. The fourth-order valence-electron chi connectivity index (χ4n) is 2.51. The van der Waals surface area contributed by atoms with Gasteiger partial charge in [0.1, 0.15) is 0 Å². The highest BCUT2D eigenvalue weighted by molar-refractivity contribution is 5.27. The zero-order chi connectivity index (χ0) is 13.3. The number of hydrogen-bond acceptors (Lipinski definition) is 1. The predicted molar refractivity (Wildman–Crippen MR) is 65.1 cm³/mol. The molecule has 1 aliphatic rings. The predicted octanol–water partition coefficient (Wildman–Crippen LogP) is 4.01. The van der Waals surface area contributed by atoms with Gasteiger partial charge >= 0.3 is 6.18 Å². The normalized spacial score (nSPS) is 19.6. The maximum atomic E-state index is 12.5. The van der Waals surface area contributed by atoms with E-state index in [4.69, 9.17) is 0 Å². The number of benzene rings is 1. The second-order valence-electron chi connectivity index (χ2n) is 5.08. The molecule has 0 amide bonds. The Balaban J connectivity index is 2.16. The van der Waals surface area contributed by atoms with Crippen molar-refractivity contribution in [1.82, 2.24) is 5.32 Å². The molecule has 18 heavy (non-hydrogen) atoms. The van der Waals surface area contributed by atoms with E-state index in [9.17, 15) is 13.2 Å². The average molecular weight is 257 g/mol. The summed E-state index contributed by atoms with van der Waals surface area (Å²) in [6, 6.07) is 5.64. The van der Waals surface area contributed by atoms with Crippen LogP contribution >= 0.6 is 0 Å². The van der Waals surface area contributed by atoms with Crippen LogP contribution in [0.4, 0.5) is 13.2 Å². The second-order valence-corrected chi connectivity index (χ2v) is 5.08. The molecule has 1 aromatic rings. The molecule has 0 spiro atoms. The van der Waals surface area contributed by atoms with Crippen molar-refractivity contribution in [1.29, 1.82) is 0 Å². The fourth-order valence-corrected chi connectivity index (χ4v) is 2.51. The molecule has 1 aliphatic carbocycles. The highest BCUT2D eigenvalue weighted by atomic mass is 19.4. The summed E-state index contributed by atoms with van der Waals surface area (Å²) in [6.45, 7) is 2.16. The van der Waals surface area contributed by atoms with E-state index in [-0.39, 0.29) is 6.04 Å². The molecule has 0 radical (unpaired) electrons. The first-order valence-electron chi connectivity index (χ1n) is 6.28. The summed E-state index contributed by atoms with van der Waals surface area (Å²) in [5.41, 5.74) is 0.352. The van der Waals surface area contributed by atoms with Gasteiger partial charge in [0.15, 0.2) is 0 Å². The second kappa shape index (κ2) is 4.92. The van der Waals surface area contributed by atoms with Gasteiger partial charge in [-0.15, -0.1) is 0 Å². The summed E-state index contributed by atoms with van der Waals surface area (Å²) in [5, 5.41) is 3.22. The number of hydrogen-bond donors (Lipinski definition) is 1. The van der Waals surface area contributed by atoms with E-state index in [0.717, 1.165) is 5.56 Å². The van der Waals surface area contributed by atoms with Crippen LogP contribution in [0, 0.1) is 11.8 Å². The lowest BCUT2D eigenvalue weighted by atomic mass is 9.90. The Bertz CT molecular complexity index is 392. The van der Waals surface area contributed by atoms with Gasteiger partial charge in [-0.1, -0.05) is 19.1 Å². The van der Waals surface area contributed by atoms with Crippen LogP contribution in [-0.4, -0.2) is 7.05 Å². The molecule has 1 N–H and O–H groups in total. The van der Waals surface area contributed by atoms with Crippen LogP contribution in [0.2, 0.25) is 0 Å². The van der Waals surface area contributed by atoms with Crippen molar-refractivity contribution in [3.8, 4) is 0 Å². The lowest BCUT2D eigenvalue weighted by Gasteiger charge is -2.24. The third kappa shape index (κ3) is 2.86. The number of nitrogens with one attached hydrogen (secondary N) is 1. The zero-order valence-electron chi connectivity index (χ0n) is 10.6. The maximum Gasteiger partial charge on any atom is 0.416 e. The van der Waals surface area contributed by atoms with Gasteiger partial charge in [-0.05, 0) is 49.4 Å². The molecule has 2 atom stereocenters. The summed E-state index contributed by atoms with van der Waals surface area (Å²) < 4.78 is 37.5. The lowest BCUT2D eigenvalue weighted by Crippen LogP contribution is -2.24. The third-order valence-electron chi connectivity index (χ3n) is 3.80. The topological polar surface area (TPSA) is 12.0 Å². The van der Waals surface area contributed by atoms with Crippen molar-refractivity contribution in [3.63, 3.8) is 0 Å². The standard InChI is InChI=1S/C14H18F3N/c1-9(10-3-4-10)13(18-2)11-5-7-12(8-6-11)14(15,16)17/h5-10,13,18H,3-4H2,1-2H3. The molecule has 0 saturated heterocycles. The van der Waals surface area contributed by atoms with Crippen molar-refractivity contribution < 1.29 is 13.2 Å². The first-order chi connectivity index (χ1) is 8.43. The summed E-state index contributed by atoms with van der Waals surface area (Å²) >= 11 is 0. The zero-order valence-corrected chi connectivity index (χ0v) is 10.6. The quantitative estimate of drug-likeness (QED) is 0.859. The van der Waals surface area contributed by atoms with Crippen LogP contribution in [0.5, 0.6) is 0 Å². The van der Waals surface area contributed by atoms with Crippen molar-refractivity contribution in [3.05, 3.63) is 35.4 Å². The first kappa shape index (κ1) is 13.4. The van der Waals surface area contributed by atoms with Gasteiger partial charge < -0.3 is 5.32 Å². The van der Waals surface area contributed by atoms with E-state index >= 15 is 0 Å². The smallest absolute Gasteiger partial charge is 0.313 e. The van der Waals surface area contributed by atoms with Crippen LogP contribution in [0.25, 0.3) is 0 Å². The van der Waals surface area contributed by atoms with E-state index in [0.29, 0.717) is 11.8 Å². The van der Waals surface area contributed by atoms with Crippen molar-refractivity contribution >= 4 is 0 Å². The Labute approximate surface area is 105 Å². The van der Waals surface area contributed by atoms with Crippen LogP contribution in [0.15, 0.2) is 24.3 Å². The largest absolute Gasteiger partial charge is 0.416 e. The van der Waals surface area contributed by atoms with E-state index < -0.39 is 11.7 Å². The molecule has 0 bridgehead atoms. The van der Waals surface area contributed by atoms with Gasteiger partial charge in [0.25, 0.3) is 0 Å². The van der Waals surface area contributed by atoms with E-state index in [2.05, 4.69) is 12.2 Å². The molecule has 0 aliphatic heterocycles. The van der Waals surface area contributed by atoms with Crippen molar-refractivity contribution in [2.75, 3.05) is 7.05 Å². The molecule has 0 aromatic heterocycles. The molecule has 1 aromatic carbocycles. The van der Waals surface area contributed by atoms with E-state index in [1.807, 2.05) is 7.05 Å². The monoisotopic (exact) mass is 257 g/mol. The molecular formula is C14H18F3N. The average Bonchev–Trinajstić information content (AvgIpc) is 3.13. The number of halogens is 3. The van der Waals surface area contributed by atoms with Crippen molar-refractivity contribution in [2.45, 2.75) is 32.0 Å². The Morgan fingerprint density at radius 2 is 1.72 bits per heavy atom. The molecule has 1 saturated carbocycles. The van der Waals surface area contributed by atoms with Gasteiger partial charge in [0.2, 0.25) is 0 Å². The molecule has 1 nitrogen and oxygen atoms in total. The minimum Gasteiger partial charge on any atom is -0.313 e. The van der Waals surface area contributed by atoms with Gasteiger partial charge in [-0.3, -0.25) is 0 Å². The first-order valence-corrected chi connectivity index (χ1v) is 6.28. The molecule has 1 fully saturated rings. The summed E-state index contributed by atoms with van der Waals surface area (Å²) in [5.74, 6) is 1.18. The molecule has 0 heterocycles. The minimum absolute atomic E-state index is 0.139. The molecule has 4 heteroatoms. The van der Waals surface area contributed by atoms with Crippen LogP contribution in [0.3, 0.4) is 0 Å². The molecule has 100 valence electrons. The molecular weight excluding hydrogens is 239 g/mol. The number of rotatable bonds is 4. The fraction of sp³-hybridized carbons (Fsp3) is 0.571. The van der Waals surface area contributed by atoms with Gasteiger partial charge in [0, 0.05) is 6.04 Å². The summed E-state index contributed by atoms with van der Waals surface area (Å²) in [6.07, 6.45) is -1.78. The van der Waals surface area contributed by atoms with Gasteiger partial charge in [-0.25, -0.2) is 0 Å². The summed E-state index contributed by atoms with van der Waals surface area (Å²) in [7, 11) is 1.86. The summed E-state index contributed by atoms with van der Waals surface area (Å²) in [4.78, 5) is 0.